The van der Waals surface area contributed by atoms with Gasteiger partial charge in [0.1, 0.15) is 0 Å². The average Bonchev–Trinajstić information content (AvgIpc) is 2.30. The Kier molecular flexibility index (Phi) is 5.98. The van der Waals surface area contributed by atoms with Crippen LogP contribution in [-0.2, 0) is 6.42 Å². The van der Waals surface area contributed by atoms with Gasteiger partial charge < -0.3 is 10.1 Å². The van der Waals surface area contributed by atoms with Crippen LogP contribution in [0.25, 0.3) is 0 Å². The van der Waals surface area contributed by atoms with Crippen LogP contribution in [0.1, 0.15) is 32.3 Å². The molecule has 1 rings (SSSR count). The Bertz CT molecular complexity index is 339. The maximum absolute atomic E-state index is 13.8. The highest BCUT2D eigenvalue weighted by atomic mass is 19.1. The second-order valence-corrected chi connectivity index (χ2v) is 4.50. The molecule has 0 unspecified atom stereocenters. The zero-order valence-electron chi connectivity index (χ0n) is 10.9. The summed E-state index contributed by atoms with van der Waals surface area (Å²) in [4.78, 5) is 0. The standard InChI is InChI=1S/C14H22FNO/c1-11(2)16-10-5-4-7-12-8-6-9-13(17-3)14(12)15/h6,8-9,11,16H,4-5,7,10H2,1-3H3. The molecule has 17 heavy (non-hydrogen) atoms. The summed E-state index contributed by atoms with van der Waals surface area (Å²) < 4.78 is 18.7. The van der Waals surface area contributed by atoms with E-state index in [2.05, 4.69) is 19.2 Å². The van der Waals surface area contributed by atoms with Gasteiger partial charge in [0.05, 0.1) is 7.11 Å². The molecule has 0 aliphatic rings. The van der Waals surface area contributed by atoms with Crippen LogP contribution in [0.2, 0.25) is 0 Å². The van der Waals surface area contributed by atoms with Crippen LogP contribution in [0.15, 0.2) is 18.2 Å². The van der Waals surface area contributed by atoms with Gasteiger partial charge in [-0.2, -0.15) is 0 Å². The van der Waals surface area contributed by atoms with Crippen LogP contribution in [0.5, 0.6) is 5.75 Å². The SMILES string of the molecule is COc1cccc(CCCCNC(C)C)c1F. The first-order valence-electron chi connectivity index (χ1n) is 6.20. The van der Waals surface area contributed by atoms with Gasteiger partial charge in [-0.25, -0.2) is 4.39 Å². The molecule has 1 N–H and O–H groups in total. The van der Waals surface area contributed by atoms with Gasteiger partial charge in [0, 0.05) is 6.04 Å². The fraction of sp³-hybridized carbons (Fsp3) is 0.571. The predicted molar refractivity (Wildman–Crippen MR) is 69.0 cm³/mol. The van der Waals surface area contributed by atoms with Crippen LogP contribution >= 0.6 is 0 Å². The van der Waals surface area contributed by atoms with Crippen LogP contribution in [0, 0.1) is 5.82 Å². The molecule has 3 heteroatoms. The van der Waals surface area contributed by atoms with Gasteiger partial charge in [-0.15, -0.1) is 0 Å². The van der Waals surface area contributed by atoms with Gasteiger partial charge in [0.25, 0.3) is 0 Å². The number of aryl methyl sites for hydroxylation is 1. The van der Waals surface area contributed by atoms with E-state index < -0.39 is 0 Å². The fourth-order valence-corrected chi connectivity index (χ4v) is 1.74. The van der Waals surface area contributed by atoms with E-state index in [1.807, 2.05) is 12.1 Å². The topological polar surface area (TPSA) is 21.3 Å². The lowest BCUT2D eigenvalue weighted by molar-refractivity contribution is 0.383. The molecular weight excluding hydrogens is 217 g/mol. The molecule has 0 bridgehead atoms. The molecule has 0 atom stereocenters. The maximum Gasteiger partial charge on any atom is 0.168 e. The average molecular weight is 239 g/mol. The number of hydrogen-bond acceptors (Lipinski definition) is 2. The van der Waals surface area contributed by atoms with Crippen molar-refractivity contribution in [2.75, 3.05) is 13.7 Å². The molecule has 0 aliphatic heterocycles. The van der Waals surface area contributed by atoms with Gasteiger partial charge in [0.15, 0.2) is 11.6 Å². The van der Waals surface area contributed by atoms with Crippen molar-refractivity contribution in [3.63, 3.8) is 0 Å². The van der Waals surface area contributed by atoms with Crippen LogP contribution in [0.4, 0.5) is 4.39 Å². The smallest absolute Gasteiger partial charge is 0.168 e. The van der Waals surface area contributed by atoms with E-state index in [0.29, 0.717) is 11.8 Å². The number of ether oxygens (including phenoxy) is 1. The van der Waals surface area contributed by atoms with Crippen molar-refractivity contribution in [1.82, 2.24) is 5.32 Å². The van der Waals surface area contributed by atoms with Gasteiger partial charge in [-0.1, -0.05) is 26.0 Å². The number of rotatable bonds is 7. The monoisotopic (exact) mass is 239 g/mol. The van der Waals surface area contributed by atoms with Crippen LogP contribution in [0.3, 0.4) is 0 Å². The second kappa shape index (κ2) is 7.28. The van der Waals surface area contributed by atoms with E-state index in [1.54, 1.807) is 6.07 Å². The van der Waals surface area contributed by atoms with Gasteiger partial charge >= 0.3 is 0 Å². The number of halogens is 1. The Hall–Kier alpha value is -1.09. The van der Waals surface area contributed by atoms with Crippen LogP contribution < -0.4 is 10.1 Å². The summed E-state index contributed by atoms with van der Waals surface area (Å²) in [5.74, 6) is 0.120. The highest BCUT2D eigenvalue weighted by Gasteiger charge is 2.07. The summed E-state index contributed by atoms with van der Waals surface area (Å²) in [6.45, 7) is 5.24. The van der Waals surface area contributed by atoms with E-state index in [4.69, 9.17) is 4.74 Å². The van der Waals surface area contributed by atoms with Gasteiger partial charge in [0.2, 0.25) is 0 Å². The highest BCUT2D eigenvalue weighted by Crippen LogP contribution is 2.21. The molecule has 0 radical (unpaired) electrons. The van der Waals surface area contributed by atoms with Crippen LogP contribution in [-0.4, -0.2) is 19.7 Å². The normalized spacial score (nSPS) is 10.9. The van der Waals surface area contributed by atoms with Crippen molar-refractivity contribution < 1.29 is 9.13 Å². The Morgan fingerprint density at radius 2 is 2.06 bits per heavy atom. The first-order valence-corrected chi connectivity index (χ1v) is 6.20. The number of methoxy groups -OCH3 is 1. The Morgan fingerprint density at radius 1 is 1.29 bits per heavy atom. The van der Waals surface area contributed by atoms with E-state index in [-0.39, 0.29) is 5.82 Å². The summed E-state index contributed by atoms with van der Waals surface area (Å²) in [6, 6.07) is 5.83. The summed E-state index contributed by atoms with van der Waals surface area (Å²) in [7, 11) is 1.49. The predicted octanol–water partition coefficient (Wildman–Crippen LogP) is 3.16. The number of unbranched alkanes of at least 4 members (excludes halogenated alkanes) is 1. The summed E-state index contributed by atoms with van der Waals surface area (Å²) >= 11 is 0. The highest BCUT2D eigenvalue weighted by molar-refractivity contribution is 5.31. The minimum Gasteiger partial charge on any atom is -0.494 e. The van der Waals surface area contributed by atoms with Gasteiger partial charge in [-0.05, 0) is 37.4 Å². The molecule has 0 heterocycles. The van der Waals surface area contributed by atoms with Crippen molar-refractivity contribution in [1.29, 1.82) is 0 Å². The first kappa shape index (κ1) is 14.0. The molecule has 0 aliphatic carbocycles. The quantitative estimate of drug-likeness (QED) is 0.738. The third-order valence-corrected chi connectivity index (χ3v) is 2.69. The lowest BCUT2D eigenvalue weighted by Crippen LogP contribution is -2.23. The molecule has 96 valence electrons. The zero-order valence-corrected chi connectivity index (χ0v) is 10.9. The molecule has 1 aromatic carbocycles. The Balaban J connectivity index is 2.36. The number of nitrogens with one attached hydrogen (secondary N) is 1. The second-order valence-electron chi connectivity index (χ2n) is 4.50. The molecular formula is C14H22FNO. The number of hydrogen-bond donors (Lipinski definition) is 1. The van der Waals surface area contributed by atoms with E-state index >= 15 is 0 Å². The maximum atomic E-state index is 13.8. The summed E-state index contributed by atoms with van der Waals surface area (Å²) in [5, 5.41) is 3.35. The zero-order chi connectivity index (χ0) is 12.7. The molecule has 1 aromatic rings. The Labute approximate surface area is 103 Å². The van der Waals surface area contributed by atoms with Gasteiger partial charge in [-0.3, -0.25) is 0 Å². The fourth-order valence-electron chi connectivity index (χ4n) is 1.74. The van der Waals surface area contributed by atoms with Crippen molar-refractivity contribution >= 4 is 0 Å². The third-order valence-electron chi connectivity index (χ3n) is 2.69. The molecule has 0 fully saturated rings. The van der Waals surface area contributed by atoms with Crippen molar-refractivity contribution in [2.45, 2.75) is 39.2 Å². The first-order chi connectivity index (χ1) is 8.15. The van der Waals surface area contributed by atoms with Crippen molar-refractivity contribution in [3.05, 3.63) is 29.6 Å². The minimum absolute atomic E-state index is 0.216. The minimum atomic E-state index is -0.216. The lowest BCUT2D eigenvalue weighted by atomic mass is 10.1. The van der Waals surface area contributed by atoms with Crippen molar-refractivity contribution in [2.24, 2.45) is 0 Å². The molecule has 0 saturated heterocycles. The van der Waals surface area contributed by atoms with E-state index in [1.165, 1.54) is 7.11 Å². The third kappa shape index (κ3) is 4.73. The largest absolute Gasteiger partial charge is 0.494 e. The van der Waals surface area contributed by atoms with E-state index in [9.17, 15) is 4.39 Å². The van der Waals surface area contributed by atoms with E-state index in [0.717, 1.165) is 31.4 Å². The molecule has 2 nitrogen and oxygen atoms in total. The molecule has 0 amide bonds. The van der Waals surface area contributed by atoms with Crippen molar-refractivity contribution in [3.8, 4) is 5.75 Å². The Morgan fingerprint density at radius 3 is 2.71 bits per heavy atom. The molecule has 0 spiro atoms. The summed E-state index contributed by atoms with van der Waals surface area (Å²) in [5.41, 5.74) is 0.744. The molecule has 0 aromatic heterocycles. The molecule has 0 saturated carbocycles. The number of benzene rings is 1. The lowest BCUT2D eigenvalue weighted by Gasteiger charge is -2.09. The summed E-state index contributed by atoms with van der Waals surface area (Å²) in [6.07, 6.45) is 2.82.